The Labute approximate surface area is 138 Å². The van der Waals surface area contributed by atoms with E-state index in [-0.39, 0.29) is 10.7 Å². The Bertz CT molecular complexity index is 800. The Morgan fingerprint density at radius 3 is 2.00 bits per heavy atom. The van der Waals surface area contributed by atoms with E-state index in [9.17, 15) is 22.8 Å². The molecule has 2 N–H and O–H groups in total. The molecule has 2 aromatic carbocycles. The molecule has 0 heterocycles. The van der Waals surface area contributed by atoms with Gasteiger partial charge in [-0.25, -0.2) is 13.2 Å². The van der Waals surface area contributed by atoms with Crippen LogP contribution in [0.5, 0.6) is 0 Å². The third-order valence-corrected chi connectivity index (χ3v) is 3.22. The zero-order chi connectivity index (χ0) is 17.1. The van der Waals surface area contributed by atoms with Crippen LogP contribution >= 0.6 is 23.2 Å². The summed E-state index contributed by atoms with van der Waals surface area (Å²) >= 11 is 11.5. The molecular formula is C14H7Cl2F3N2O2. The van der Waals surface area contributed by atoms with Crippen LogP contribution in [0.2, 0.25) is 10.0 Å². The largest absolute Gasteiger partial charge is 0.316 e. The predicted octanol–water partition coefficient (Wildman–Crippen LogP) is 3.99. The Balaban J connectivity index is 2.12. The molecule has 0 radical (unpaired) electrons. The second kappa shape index (κ2) is 6.89. The molecule has 0 aromatic heterocycles. The van der Waals surface area contributed by atoms with Gasteiger partial charge in [0.2, 0.25) is 0 Å². The highest BCUT2D eigenvalue weighted by molar-refractivity contribution is 6.45. The van der Waals surface area contributed by atoms with Crippen LogP contribution in [0, 0.1) is 17.5 Å². The lowest BCUT2D eigenvalue weighted by Gasteiger charge is -2.09. The smallest absolute Gasteiger partial charge is 0.314 e. The molecule has 0 spiro atoms. The van der Waals surface area contributed by atoms with E-state index in [1.165, 1.54) is 18.2 Å². The van der Waals surface area contributed by atoms with Gasteiger partial charge in [-0.15, -0.1) is 0 Å². The van der Waals surface area contributed by atoms with Gasteiger partial charge in [-0.2, -0.15) is 0 Å². The van der Waals surface area contributed by atoms with E-state index in [1.807, 2.05) is 5.32 Å². The Morgan fingerprint density at radius 1 is 0.826 bits per heavy atom. The number of anilines is 2. The summed E-state index contributed by atoms with van der Waals surface area (Å²) < 4.78 is 39.3. The molecule has 2 amide bonds. The van der Waals surface area contributed by atoms with Gasteiger partial charge in [-0.3, -0.25) is 9.59 Å². The van der Waals surface area contributed by atoms with Gasteiger partial charge in [-0.05, 0) is 30.3 Å². The minimum atomic E-state index is -1.76. The zero-order valence-corrected chi connectivity index (χ0v) is 12.6. The van der Waals surface area contributed by atoms with E-state index in [2.05, 4.69) is 5.32 Å². The molecule has 9 heteroatoms. The number of benzene rings is 2. The number of amides is 2. The molecule has 0 fully saturated rings. The number of rotatable bonds is 2. The lowest BCUT2D eigenvalue weighted by atomic mass is 10.2. The van der Waals surface area contributed by atoms with Crippen molar-refractivity contribution in [3.63, 3.8) is 0 Å². The second-order valence-corrected chi connectivity index (χ2v) is 5.10. The number of carbonyl (C=O) groups excluding carboxylic acids is 2. The van der Waals surface area contributed by atoms with E-state index in [1.54, 1.807) is 0 Å². The van der Waals surface area contributed by atoms with E-state index in [0.717, 1.165) is 6.07 Å². The maximum absolute atomic E-state index is 13.4. The van der Waals surface area contributed by atoms with Crippen LogP contribution in [0.4, 0.5) is 24.5 Å². The molecule has 0 unspecified atom stereocenters. The Kier molecular flexibility index (Phi) is 5.12. The second-order valence-electron chi connectivity index (χ2n) is 4.26. The maximum Gasteiger partial charge on any atom is 0.314 e. The SMILES string of the molecule is O=C(Nc1ccc(Cl)cc1Cl)C(=O)Nc1ccc(F)c(F)c1F. The number of halogens is 5. The lowest BCUT2D eigenvalue weighted by molar-refractivity contribution is -0.133. The van der Waals surface area contributed by atoms with Crippen LogP contribution in [0.15, 0.2) is 30.3 Å². The molecule has 0 atom stereocenters. The Hall–Kier alpha value is -2.25. The molecular weight excluding hydrogens is 356 g/mol. The average Bonchev–Trinajstić information content (AvgIpc) is 2.50. The fourth-order valence-corrected chi connectivity index (χ4v) is 2.03. The maximum atomic E-state index is 13.4. The molecule has 0 saturated heterocycles. The van der Waals surface area contributed by atoms with Gasteiger partial charge in [0, 0.05) is 5.02 Å². The highest BCUT2D eigenvalue weighted by Crippen LogP contribution is 2.25. The summed E-state index contributed by atoms with van der Waals surface area (Å²) in [5.74, 6) is -7.27. The highest BCUT2D eigenvalue weighted by Gasteiger charge is 2.20. The van der Waals surface area contributed by atoms with Crippen molar-refractivity contribution >= 4 is 46.4 Å². The first-order chi connectivity index (χ1) is 10.8. The predicted molar refractivity (Wildman–Crippen MR) is 80.0 cm³/mol. The fourth-order valence-electron chi connectivity index (χ4n) is 1.57. The topological polar surface area (TPSA) is 58.2 Å². The molecule has 120 valence electrons. The summed E-state index contributed by atoms with van der Waals surface area (Å²) in [5, 5.41) is 4.40. The molecule has 0 aliphatic heterocycles. The standard InChI is InChI=1S/C14H7Cl2F3N2O2/c15-6-1-3-9(7(16)5-6)20-13(22)14(23)21-10-4-2-8(17)11(18)12(10)19/h1-5H,(H,20,22)(H,21,23). The summed E-state index contributed by atoms with van der Waals surface area (Å²) in [7, 11) is 0. The third kappa shape index (κ3) is 3.94. The van der Waals surface area contributed by atoms with Gasteiger partial charge in [0.25, 0.3) is 0 Å². The lowest BCUT2D eigenvalue weighted by Crippen LogP contribution is -2.29. The normalized spacial score (nSPS) is 10.3. The van der Waals surface area contributed by atoms with Gasteiger partial charge in [0.15, 0.2) is 17.5 Å². The third-order valence-electron chi connectivity index (χ3n) is 2.67. The number of carbonyl (C=O) groups is 2. The van der Waals surface area contributed by atoms with E-state index in [4.69, 9.17) is 23.2 Å². The number of nitrogens with one attached hydrogen (secondary N) is 2. The minimum absolute atomic E-state index is 0.0812. The molecule has 0 aliphatic carbocycles. The summed E-state index contributed by atoms with van der Waals surface area (Å²) in [5.41, 5.74) is -0.576. The monoisotopic (exact) mass is 362 g/mol. The summed E-state index contributed by atoms with van der Waals surface area (Å²) in [6, 6.07) is 5.52. The van der Waals surface area contributed by atoms with Crippen LogP contribution in [0.3, 0.4) is 0 Å². The summed E-state index contributed by atoms with van der Waals surface area (Å²) in [6.45, 7) is 0. The van der Waals surface area contributed by atoms with Crippen molar-refractivity contribution in [1.29, 1.82) is 0 Å². The van der Waals surface area contributed by atoms with Crippen molar-refractivity contribution < 1.29 is 22.8 Å². The molecule has 0 saturated carbocycles. The van der Waals surface area contributed by atoms with Crippen LogP contribution in [-0.2, 0) is 9.59 Å². The van der Waals surface area contributed by atoms with E-state index in [0.29, 0.717) is 11.1 Å². The molecule has 2 aromatic rings. The van der Waals surface area contributed by atoms with E-state index >= 15 is 0 Å². The van der Waals surface area contributed by atoms with Crippen LogP contribution < -0.4 is 10.6 Å². The number of hydrogen-bond acceptors (Lipinski definition) is 2. The van der Waals surface area contributed by atoms with Crippen molar-refractivity contribution in [1.82, 2.24) is 0 Å². The first-order valence-corrected chi connectivity index (χ1v) is 6.76. The molecule has 2 rings (SSSR count). The first kappa shape index (κ1) is 17.1. The van der Waals surface area contributed by atoms with Crippen molar-refractivity contribution in [2.24, 2.45) is 0 Å². The summed E-state index contributed by atoms with van der Waals surface area (Å²) in [4.78, 5) is 23.4. The van der Waals surface area contributed by atoms with Gasteiger partial charge < -0.3 is 10.6 Å². The van der Waals surface area contributed by atoms with Crippen LogP contribution in [0.25, 0.3) is 0 Å². The van der Waals surface area contributed by atoms with Gasteiger partial charge in [0.1, 0.15) is 0 Å². The Morgan fingerprint density at radius 2 is 1.39 bits per heavy atom. The quantitative estimate of drug-likeness (QED) is 0.626. The molecule has 0 aliphatic rings. The molecule has 23 heavy (non-hydrogen) atoms. The van der Waals surface area contributed by atoms with Crippen LogP contribution in [-0.4, -0.2) is 11.8 Å². The van der Waals surface area contributed by atoms with Gasteiger partial charge in [-0.1, -0.05) is 23.2 Å². The van der Waals surface area contributed by atoms with Crippen molar-refractivity contribution in [3.05, 3.63) is 57.8 Å². The van der Waals surface area contributed by atoms with Crippen LogP contribution in [0.1, 0.15) is 0 Å². The summed E-state index contributed by atoms with van der Waals surface area (Å²) in [6.07, 6.45) is 0. The zero-order valence-electron chi connectivity index (χ0n) is 11.1. The fraction of sp³-hybridized carbons (Fsp3) is 0. The van der Waals surface area contributed by atoms with Gasteiger partial charge in [0.05, 0.1) is 16.4 Å². The number of hydrogen-bond donors (Lipinski definition) is 2. The highest BCUT2D eigenvalue weighted by atomic mass is 35.5. The molecule has 0 bridgehead atoms. The van der Waals surface area contributed by atoms with E-state index < -0.39 is 35.0 Å². The van der Waals surface area contributed by atoms with Gasteiger partial charge >= 0.3 is 11.8 Å². The minimum Gasteiger partial charge on any atom is -0.316 e. The first-order valence-electron chi connectivity index (χ1n) is 6.00. The van der Waals surface area contributed by atoms with Crippen molar-refractivity contribution in [2.75, 3.05) is 10.6 Å². The molecule has 4 nitrogen and oxygen atoms in total. The average molecular weight is 363 g/mol. The van der Waals surface area contributed by atoms with Crippen molar-refractivity contribution in [2.45, 2.75) is 0 Å². The van der Waals surface area contributed by atoms with Crippen molar-refractivity contribution in [3.8, 4) is 0 Å².